The quantitative estimate of drug-likeness (QED) is 0.833. The maximum absolute atomic E-state index is 12.3. The van der Waals surface area contributed by atoms with Gasteiger partial charge in [-0.15, -0.1) is 0 Å². The number of amides is 4. The Hall–Kier alpha value is -2.37. The Labute approximate surface area is 117 Å². The van der Waals surface area contributed by atoms with Crippen LogP contribution in [0.1, 0.15) is 12.5 Å². The molecule has 0 aromatic heterocycles. The van der Waals surface area contributed by atoms with Crippen LogP contribution in [0.3, 0.4) is 0 Å². The first-order valence-electron chi connectivity index (χ1n) is 6.37. The zero-order valence-electron chi connectivity index (χ0n) is 11.7. The number of carbonyl (C=O) groups excluding carboxylic acids is 3. The van der Waals surface area contributed by atoms with Gasteiger partial charge in [0.05, 0.1) is 0 Å². The lowest BCUT2D eigenvalue weighted by molar-refractivity contribution is -0.131. The first-order chi connectivity index (χ1) is 9.45. The number of carbonyl (C=O) groups is 3. The second kappa shape index (κ2) is 5.32. The zero-order valence-corrected chi connectivity index (χ0v) is 11.7. The van der Waals surface area contributed by atoms with Crippen LogP contribution in [0.5, 0.6) is 0 Å². The molecule has 4 amide bonds. The van der Waals surface area contributed by atoms with E-state index in [-0.39, 0.29) is 18.4 Å². The summed E-state index contributed by atoms with van der Waals surface area (Å²) in [6.07, 6.45) is 0. The van der Waals surface area contributed by atoms with Gasteiger partial charge in [0.15, 0.2) is 0 Å². The Morgan fingerprint density at radius 1 is 1.25 bits per heavy atom. The number of urea groups is 1. The molecule has 1 aliphatic heterocycles. The summed E-state index contributed by atoms with van der Waals surface area (Å²) in [6.45, 7) is 3.35. The number of anilines is 1. The van der Waals surface area contributed by atoms with Crippen LogP contribution in [0.2, 0.25) is 0 Å². The molecule has 1 saturated heterocycles. The Balaban J connectivity index is 2.27. The number of nitrogens with one attached hydrogen (secondary N) is 1. The molecule has 2 rings (SSSR count). The molecule has 6 nitrogen and oxygen atoms in total. The Kier molecular flexibility index (Phi) is 3.74. The molecule has 0 aliphatic carbocycles. The van der Waals surface area contributed by atoms with E-state index in [1.54, 1.807) is 19.1 Å². The van der Waals surface area contributed by atoms with Gasteiger partial charge in [-0.2, -0.15) is 0 Å². The molecule has 1 aliphatic rings. The highest BCUT2D eigenvalue weighted by Gasteiger charge is 2.43. The van der Waals surface area contributed by atoms with Crippen molar-refractivity contribution in [2.24, 2.45) is 0 Å². The largest absolute Gasteiger partial charge is 0.358 e. The lowest BCUT2D eigenvalue weighted by Crippen LogP contribution is -2.40. The number of benzene rings is 1. The second-order valence-corrected chi connectivity index (χ2v) is 4.76. The molecular formula is C14H17N3O3. The molecule has 20 heavy (non-hydrogen) atoms. The minimum absolute atomic E-state index is 0.249. The monoisotopic (exact) mass is 275 g/mol. The van der Waals surface area contributed by atoms with Crippen molar-refractivity contribution in [3.05, 3.63) is 29.8 Å². The van der Waals surface area contributed by atoms with Gasteiger partial charge in [0, 0.05) is 12.7 Å². The zero-order chi connectivity index (χ0) is 14.9. The first-order valence-corrected chi connectivity index (χ1v) is 6.37. The number of hydrogen-bond acceptors (Lipinski definition) is 3. The maximum Gasteiger partial charge on any atom is 0.332 e. The van der Waals surface area contributed by atoms with Crippen molar-refractivity contribution in [2.45, 2.75) is 19.9 Å². The third-order valence-corrected chi connectivity index (χ3v) is 3.34. The fourth-order valence-electron chi connectivity index (χ4n) is 2.13. The smallest absolute Gasteiger partial charge is 0.332 e. The molecule has 0 radical (unpaired) electrons. The van der Waals surface area contributed by atoms with Crippen molar-refractivity contribution < 1.29 is 14.4 Å². The maximum atomic E-state index is 12.3. The van der Waals surface area contributed by atoms with E-state index in [0.717, 1.165) is 10.5 Å². The molecule has 0 unspecified atom stereocenters. The van der Waals surface area contributed by atoms with Crippen molar-refractivity contribution >= 4 is 23.5 Å². The fourth-order valence-corrected chi connectivity index (χ4v) is 2.13. The van der Waals surface area contributed by atoms with E-state index in [9.17, 15) is 14.4 Å². The number of rotatable bonds is 3. The third kappa shape index (κ3) is 2.36. The predicted octanol–water partition coefficient (Wildman–Crippen LogP) is 0.898. The topological polar surface area (TPSA) is 69.7 Å². The normalized spacial score (nSPS) is 18.6. The van der Waals surface area contributed by atoms with Crippen LogP contribution in [0.25, 0.3) is 0 Å². The molecule has 0 saturated carbocycles. The molecule has 0 bridgehead atoms. The highest BCUT2D eigenvalue weighted by Crippen LogP contribution is 2.25. The molecular weight excluding hydrogens is 258 g/mol. The van der Waals surface area contributed by atoms with Gasteiger partial charge in [-0.25, -0.2) is 4.79 Å². The summed E-state index contributed by atoms with van der Waals surface area (Å²) in [6, 6.07) is 6.27. The van der Waals surface area contributed by atoms with E-state index in [2.05, 4.69) is 5.32 Å². The third-order valence-electron chi connectivity index (χ3n) is 3.34. The molecule has 1 aromatic rings. The molecule has 1 aromatic carbocycles. The van der Waals surface area contributed by atoms with Gasteiger partial charge in [-0.1, -0.05) is 17.7 Å². The standard InChI is InChI=1S/C14H17N3O3/c1-9-4-6-11(7-5-9)17-10(2)13(19)16(14(17)20)8-12(18)15-3/h4-7,10H,8H2,1-3H3,(H,15,18)/t10-/m1/s1. The summed E-state index contributed by atoms with van der Waals surface area (Å²) >= 11 is 0. The molecule has 1 N–H and O–H groups in total. The highest BCUT2D eigenvalue weighted by molar-refractivity contribution is 6.15. The number of nitrogens with zero attached hydrogens (tertiary/aromatic N) is 2. The lowest BCUT2D eigenvalue weighted by atomic mass is 10.2. The molecule has 1 fully saturated rings. The van der Waals surface area contributed by atoms with E-state index in [0.29, 0.717) is 5.69 Å². The minimum Gasteiger partial charge on any atom is -0.358 e. The number of imide groups is 1. The van der Waals surface area contributed by atoms with Gasteiger partial charge in [0.1, 0.15) is 12.6 Å². The number of likely N-dealkylation sites (N-methyl/N-ethyl adjacent to an activating group) is 1. The van der Waals surface area contributed by atoms with Crippen molar-refractivity contribution in [2.75, 3.05) is 18.5 Å². The summed E-state index contributed by atoms with van der Waals surface area (Å²) < 4.78 is 0. The number of aryl methyl sites for hydroxylation is 1. The minimum atomic E-state index is -0.602. The van der Waals surface area contributed by atoms with E-state index in [1.165, 1.54) is 11.9 Å². The van der Waals surface area contributed by atoms with Crippen LogP contribution in [0, 0.1) is 6.92 Å². The lowest BCUT2D eigenvalue weighted by Gasteiger charge is -2.19. The summed E-state index contributed by atoms with van der Waals surface area (Å²) in [7, 11) is 1.47. The summed E-state index contributed by atoms with van der Waals surface area (Å²) in [5.74, 6) is -0.733. The van der Waals surface area contributed by atoms with Crippen LogP contribution in [0.4, 0.5) is 10.5 Å². The highest BCUT2D eigenvalue weighted by atomic mass is 16.2. The Bertz CT molecular complexity index is 553. The van der Waals surface area contributed by atoms with Gasteiger partial charge in [-0.3, -0.25) is 19.4 Å². The molecule has 1 atom stereocenters. The number of hydrogen-bond donors (Lipinski definition) is 1. The average molecular weight is 275 g/mol. The van der Waals surface area contributed by atoms with E-state index in [4.69, 9.17) is 0 Å². The Morgan fingerprint density at radius 3 is 2.40 bits per heavy atom. The first kappa shape index (κ1) is 14.0. The molecule has 0 spiro atoms. The average Bonchev–Trinajstić information content (AvgIpc) is 2.64. The van der Waals surface area contributed by atoms with Gasteiger partial charge in [-0.05, 0) is 26.0 Å². The molecule has 106 valence electrons. The summed E-state index contributed by atoms with van der Waals surface area (Å²) in [4.78, 5) is 38.2. The van der Waals surface area contributed by atoms with Crippen molar-refractivity contribution in [1.29, 1.82) is 0 Å². The molecule has 6 heteroatoms. The summed E-state index contributed by atoms with van der Waals surface area (Å²) in [5.41, 5.74) is 1.72. The van der Waals surface area contributed by atoms with Gasteiger partial charge in [0.25, 0.3) is 5.91 Å². The Morgan fingerprint density at radius 2 is 1.85 bits per heavy atom. The van der Waals surface area contributed by atoms with E-state index < -0.39 is 12.1 Å². The van der Waals surface area contributed by atoms with Gasteiger partial charge in [0.2, 0.25) is 5.91 Å². The van der Waals surface area contributed by atoms with E-state index in [1.807, 2.05) is 19.1 Å². The van der Waals surface area contributed by atoms with Gasteiger partial charge < -0.3 is 5.32 Å². The van der Waals surface area contributed by atoms with Crippen molar-refractivity contribution in [3.8, 4) is 0 Å². The predicted molar refractivity (Wildman–Crippen MR) is 74.3 cm³/mol. The van der Waals surface area contributed by atoms with Crippen molar-refractivity contribution in [3.63, 3.8) is 0 Å². The van der Waals surface area contributed by atoms with Crippen molar-refractivity contribution in [1.82, 2.24) is 10.2 Å². The SMILES string of the molecule is CNC(=O)CN1C(=O)[C@@H](C)N(c2ccc(C)cc2)C1=O. The van der Waals surface area contributed by atoms with Crippen LogP contribution in [0.15, 0.2) is 24.3 Å². The van der Waals surface area contributed by atoms with E-state index >= 15 is 0 Å². The van der Waals surface area contributed by atoms with Crippen LogP contribution in [-0.2, 0) is 9.59 Å². The van der Waals surface area contributed by atoms with Crippen LogP contribution >= 0.6 is 0 Å². The van der Waals surface area contributed by atoms with Gasteiger partial charge >= 0.3 is 6.03 Å². The van der Waals surface area contributed by atoms with Crippen LogP contribution in [-0.4, -0.2) is 42.4 Å². The second-order valence-electron chi connectivity index (χ2n) is 4.76. The fraction of sp³-hybridized carbons (Fsp3) is 0.357. The molecule has 1 heterocycles. The van der Waals surface area contributed by atoms with Crippen LogP contribution < -0.4 is 10.2 Å². The summed E-state index contributed by atoms with van der Waals surface area (Å²) in [5, 5.41) is 2.41.